The van der Waals surface area contributed by atoms with Gasteiger partial charge in [0.05, 0.1) is 23.8 Å². The first-order valence-corrected chi connectivity index (χ1v) is 9.21. The van der Waals surface area contributed by atoms with E-state index in [9.17, 15) is 0 Å². The Morgan fingerprint density at radius 3 is 2.33 bits per heavy atom. The Hall–Kier alpha value is -3.12. The predicted octanol–water partition coefficient (Wildman–Crippen LogP) is 5.51. The van der Waals surface area contributed by atoms with Crippen molar-refractivity contribution in [3.8, 4) is 17.0 Å². The Kier molecular flexibility index (Phi) is 4.89. The van der Waals surface area contributed by atoms with Gasteiger partial charge in [0.2, 0.25) is 0 Å². The van der Waals surface area contributed by atoms with Gasteiger partial charge in [0.25, 0.3) is 0 Å². The number of benzene rings is 3. The minimum Gasteiger partial charge on any atom is -0.497 e. The van der Waals surface area contributed by atoms with Crippen molar-refractivity contribution in [2.45, 2.75) is 0 Å². The monoisotopic (exact) mass is 420 g/mol. The number of aromatic nitrogens is 2. The fraction of sp³-hybridized carbons (Fsp3) is 0.0476. The van der Waals surface area contributed by atoms with E-state index in [0.717, 1.165) is 38.2 Å². The molecule has 1 heterocycles. The topological polar surface area (TPSA) is 59.1 Å². The molecule has 0 amide bonds. The first-order chi connectivity index (χ1) is 13.2. The smallest absolute Gasteiger partial charge is 0.171 e. The van der Waals surface area contributed by atoms with Crippen LogP contribution in [0, 0.1) is 0 Å². The number of halogens is 1. The van der Waals surface area contributed by atoms with Gasteiger partial charge >= 0.3 is 0 Å². The number of nitrogens with zero attached hydrogens (tertiary/aromatic N) is 2. The molecule has 0 unspecified atom stereocenters. The Morgan fingerprint density at radius 1 is 0.815 bits per heavy atom. The van der Waals surface area contributed by atoms with Crippen LogP contribution in [0.3, 0.4) is 0 Å². The average Bonchev–Trinajstić information content (AvgIpc) is 2.73. The summed E-state index contributed by atoms with van der Waals surface area (Å²) < 4.78 is 6.33. The van der Waals surface area contributed by atoms with Crippen molar-refractivity contribution in [2.24, 2.45) is 0 Å². The molecule has 0 atom stereocenters. The maximum absolute atomic E-state index is 5.31. The molecule has 0 saturated heterocycles. The predicted molar refractivity (Wildman–Crippen MR) is 113 cm³/mol. The van der Waals surface area contributed by atoms with E-state index in [-0.39, 0.29) is 0 Å². The second-order valence-corrected chi connectivity index (χ2v) is 6.81. The second-order valence-electron chi connectivity index (χ2n) is 5.90. The molecular weight excluding hydrogens is 404 g/mol. The van der Waals surface area contributed by atoms with Crippen molar-refractivity contribution in [1.82, 2.24) is 9.97 Å². The van der Waals surface area contributed by atoms with Gasteiger partial charge in [0.1, 0.15) is 11.4 Å². The number of hydrogen-bond acceptors (Lipinski definition) is 5. The van der Waals surface area contributed by atoms with Crippen LogP contribution < -0.4 is 15.6 Å². The summed E-state index contributed by atoms with van der Waals surface area (Å²) in [5, 5.41) is 0. The normalized spacial score (nSPS) is 10.6. The van der Waals surface area contributed by atoms with Gasteiger partial charge in [-0.05, 0) is 36.4 Å². The summed E-state index contributed by atoms with van der Waals surface area (Å²) in [6, 6.07) is 23.6. The highest BCUT2D eigenvalue weighted by Gasteiger charge is 2.11. The molecule has 0 spiro atoms. The highest BCUT2D eigenvalue weighted by molar-refractivity contribution is 9.10. The molecule has 4 aromatic rings. The van der Waals surface area contributed by atoms with Crippen molar-refractivity contribution in [3.63, 3.8) is 0 Å². The van der Waals surface area contributed by atoms with E-state index < -0.39 is 0 Å². The molecule has 0 aliphatic carbocycles. The summed E-state index contributed by atoms with van der Waals surface area (Å²) in [6.45, 7) is 0. The lowest BCUT2D eigenvalue weighted by Gasteiger charge is -2.14. The third kappa shape index (κ3) is 3.85. The summed E-state index contributed by atoms with van der Waals surface area (Å²) in [4.78, 5) is 9.59. The van der Waals surface area contributed by atoms with Crippen LogP contribution >= 0.6 is 15.9 Å². The van der Waals surface area contributed by atoms with Crippen molar-refractivity contribution in [2.75, 3.05) is 18.0 Å². The van der Waals surface area contributed by atoms with Crippen LogP contribution in [-0.2, 0) is 0 Å². The van der Waals surface area contributed by atoms with E-state index in [2.05, 4.69) is 26.8 Å². The largest absolute Gasteiger partial charge is 0.497 e. The number of anilines is 2. The van der Waals surface area contributed by atoms with E-state index in [0.29, 0.717) is 5.82 Å². The lowest BCUT2D eigenvalue weighted by molar-refractivity contribution is 0.415. The van der Waals surface area contributed by atoms with Gasteiger partial charge in [-0.15, -0.1) is 0 Å². The number of nitrogens with one attached hydrogen (secondary N) is 2. The van der Waals surface area contributed by atoms with Crippen molar-refractivity contribution in [3.05, 3.63) is 77.3 Å². The van der Waals surface area contributed by atoms with Gasteiger partial charge in [0, 0.05) is 16.1 Å². The summed E-state index contributed by atoms with van der Waals surface area (Å²) in [7, 11) is 1.64. The van der Waals surface area contributed by atoms with Crippen molar-refractivity contribution in [1.29, 1.82) is 0 Å². The molecule has 4 rings (SSSR count). The standard InChI is InChI=1S/C21H17BrN4O/c1-27-17-11-12-18-19(13-17)24-21(20(23-18)14-5-3-2-4-6-14)26-25-16-9-7-15(22)8-10-16/h2-13,25H,1H3,(H,24,26). The molecule has 0 aliphatic heterocycles. The lowest BCUT2D eigenvalue weighted by atomic mass is 10.1. The van der Waals surface area contributed by atoms with Crippen LogP contribution in [0.5, 0.6) is 5.75 Å². The number of methoxy groups -OCH3 is 1. The summed E-state index contributed by atoms with van der Waals surface area (Å²) >= 11 is 3.44. The third-order valence-corrected chi connectivity index (χ3v) is 4.62. The fourth-order valence-electron chi connectivity index (χ4n) is 2.71. The van der Waals surface area contributed by atoms with Gasteiger partial charge < -0.3 is 4.74 Å². The van der Waals surface area contributed by atoms with Gasteiger partial charge in [0.15, 0.2) is 5.82 Å². The van der Waals surface area contributed by atoms with Gasteiger partial charge in [-0.25, -0.2) is 9.97 Å². The molecule has 27 heavy (non-hydrogen) atoms. The number of hydrogen-bond donors (Lipinski definition) is 2. The minimum absolute atomic E-state index is 0.643. The quantitative estimate of drug-likeness (QED) is 0.417. The third-order valence-electron chi connectivity index (χ3n) is 4.09. The second kappa shape index (κ2) is 7.63. The van der Waals surface area contributed by atoms with Crippen LogP contribution in [0.25, 0.3) is 22.3 Å². The van der Waals surface area contributed by atoms with E-state index in [1.54, 1.807) is 7.11 Å². The van der Waals surface area contributed by atoms with E-state index in [4.69, 9.17) is 14.7 Å². The Bertz CT molecular complexity index is 1070. The molecule has 0 radical (unpaired) electrons. The molecule has 134 valence electrons. The zero-order chi connectivity index (χ0) is 18.6. The van der Waals surface area contributed by atoms with Crippen LogP contribution in [0.1, 0.15) is 0 Å². The molecule has 2 N–H and O–H groups in total. The van der Waals surface area contributed by atoms with Crippen LogP contribution in [0.15, 0.2) is 77.3 Å². The number of hydrazine groups is 1. The molecule has 5 nitrogen and oxygen atoms in total. The van der Waals surface area contributed by atoms with Gasteiger partial charge in [-0.3, -0.25) is 10.9 Å². The molecular formula is C21H17BrN4O. The maximum Gasteiger partial charge on any atom is 0.171 e. The van der Waals surface area contributed by atoms with Gasteiger partial charge in [-0.1, -0.05) is 46.3 Å². The number of rotatable bonds is 5. The first-order valence-electron chi connectivity index (χ1n) is 8.42. The summed E-state index contributed by atoms with van der Waals surface area (Å²) in [5.74, 6) is 1.39. The van der Waals surface area contributed by atoms with E-state index in [1.807, 2.05) is 72.8 Å². The SMILES string of the molecule is COc1ccc2nc(-c3ccccc3)c(NNc3ccc(Br)cc3)nc2c1. The molecule has 0 fully saturated rings. The van der Waals surface area contributed by atoms with E-state index in [1.165, 1.54) is 0 Å². The van der Waals surface area contributed by atoms with E-state index >= 15 is 0 Å². The fourth-order valence-corrected chi connectivity index (χ4v) is 2.97. The Balaban J connectivity index is 1.76. The highest BCUT2D eigenvalue weighted by atomic mass is 79.9. The van der Waals surface area contributed by atoms with Crippen molar-refractivity contribution >= 4 is 38.5 Å². The summed E-state index contributed by atoms with van der Waals surface area (Å²) in [5.41, 5.74) is 10.6. The average molecular weight is 421 g/mol. The first kappa shape index (κ1) is 17.3. The van der Waals surface area contributed by atoms with Crippen molar-refractivity contribution < 1.29 is 4.74 Å². The van der Waals surface area contributed by atoms with Gasteiger partial charge in [-0.2, -0.15) is 0 Å². The highest BCUT2D eigenvalue weighted by Crippen LogP contribution is 2.28. The molecule has 0 saturated carbocycles. The van der Waals surface area contributed by atoms with Crippen LogP contribution in [-0.4, -0.2) is 17.1 Å². The molecule has 3 aromatic carbocycles. The summed E-state index contributed by atoms with van der Waals surface area (Å²) in [6.07, 6.45) is 0. The molecule has 1 aromatic heterocycles. The zero-order valence-electron chi connectivity index (χ0n) is 14.6. The zero-order valence-corrected chi connectivity index (χ0v) is 16.2. The Labute approximate surface area is 165 Å². The lowest BCUT2D eigenvalue weighted by Crippen LogP contribution is -2.12. The maximum atomic E-state index is 5.31. The number of ether oxygens (including phenoxy) is 1. The molecule has 0 bridgehead atoms. The number of fused-ring (bicyclic) bond motifs is 1. The molecule has 0 aliphatic rings. The molecule has 6 heteroatoms. The van der Waals surface area contributed by atoms with Crippen LogP contribution in [0.2, 0.25) is 0 Å². The minimum atomic E-state index is 0.643. The van der Waals surface area contributed by atoms with Crippen LogP contribution in [0.4, 0.5) is 11.5 Å². The Morgan fingerprint density at radius 2 is 1.59 bits per heavy atom.